The molecule has 0 fully saturated rings. The molecule has 6 nitrogen and oxygen atoms in total. The fourth-order valence-corrected chi connectivity index (χ4v) is 5.37. The summed E-state index contributed by atoms with van der Waals surface area (Å²) in [5, 5.41) is 22.7. The second-order valence-electron chi connectivity index (χ2n) is 9.88. The van der Waals surface area contributed by atoms with Gasteiger partial charge in [0.1, 0.15) is 5.66 Å². The van der Waals surface area contributed by atoms with Crippen molar-refractivity contribution >= 4 is 55.7 Å². The molecule has 0 amide bonds. The van der Waals surface area contributed by atoms with Gasteiger partial charge in [0.2, 0.25) is 0 Å². The first kappa shape index (κ1) is 23.8. The van der Waals surface area contributed by atoms with Crippen LogP contribution >= 0.6 is 0 Å². The Morgan fingerprint density at radius 2 is 1.05 bits per heavy atom. The molecule has 0 aliphatic carbocycles. The second kappa shape index (κ2) is 9.38. The van der Waals surface area contributed by atoms with Crippen molar-refractivity contribution in [1.82, 2.24) is 0 Å². The third-order valence-electron chi connectivity index (χ3n) is 7.98. The lowest BCUT2D eigenvalue weighted by Gasteiger charge is -2.51. The summed E-state index contributed by atoms with van der Waals surface area (Å²) >= 11 is 0. The molecule has 0 radical (unpaired) electrons. The highest BCUT2D eigenvalue weighted by Gasteiger charge is 2.38. The maximum atomic E-state index is 4.76. The van der Waals surface area contributed by atoms with Crippen LogP contribution in [0.25, 0.3) is 21.5 Å². The molecule has 0 saturated heterocycles. The fourth-order valence-electron chi connectivity index (χ4n) is 5.37. The molecule has 1 aliphatic rings. The third kappa shape index (κ3) is 3.80. The van der Waals surface area contributed by atoms with Gasteiger partial charge >= 0.3 is 0 Å². The molecule has 1 unspecified atom stereocenters. The summed E-state index contributed by atoms with van der Waals surface area (Å²) in [6, 6.07) is 32.5. The number of hydrogen-bond donors (Lipinski definition) is 0. The van der Waals surface area contributed by atoms with Gasteiger partial charge in [-0.1, -0.05) is 61.5 Å². The van der Waals surface area contributed by atoms with Crippen molar-refractivity contribution in [2.24, 2.45) is 20.5 Å². The van der Waals surface area contributed by atoms with Crippen LogP contribution in [-0.4, -0.2) is 19.8 Å². The molecule has 188 valence electrons. The van der Waals surface area contributed by atoms with Crippen molar-refractivity contribution in [2.45, 2.75) is 25.9 Å². The maximum Gasteiger partial charge on any atom is 0.109 e. The Morgan fingerprint density at radius 1 is 0.553 bits per heavy atom. The van der Waals surface area contributed by atoms with Gasteiger partial charge in [-0.05, 0) is 55.8 Å². The molecule has 0 bridgehead atoms. The molecule has 5 aromatic carbocycles. The number of fused-ring (bicyclic) bond motifs is 1. The van der Waals surface area contributed by atoms with E-state index in [1.54, 1.807) is 0 Å². The molecule has 0 saturated carbocycles. The SMILES string of the molecule is CCC1(C)N(C)c2cccc3c(N=Nc4ccc(N=Nc5ccccc5)c5ccccc45)ccc(c23)N1C. The van der Waals surface area contributed by atoms with E-state index >= 15 is 0 Å². The minimum atomic E-state index is -0.0944. The van der Waals surface area contributed by atoms with Gasteiger partial charge in [-0.3, -0.25) is 0 Å². The molecular weight excluding hydrogens is 468 g/mol. The zero-order valence-corrected chi connectivity index (χ0v) is 22.1. The highest BCUT2D eigenvalue weighted by molar-refractivity contribution is 6.10. The second-order valence-corrected chi connectivity index (χ2v) is 9.88. The van der Waals surface area contributed by atoms with Crippen molar-refractivity contribution in [2.75, 3.05) is 23.9 Å². The summed E-state index contributed by atoms with van der Waals surface area (Å²) in [5.41, 5.74) is 5.61. The number of anilines is 2. The predicted molar refractivity (Wildman–Crippen MR) is 158 cm³/mol. The van der Waals surface area contributed by atoms with Gasteiger partial charge in [-0.25, -0.2) is 0 Å². The Balaban J connectivity index is 1.41. The fraction of sp³-hybridized carbons (Fsp3) is 0.188. The predicted octanol–water partition coefficient (Wildman–Crippen LogP) is 9.84. The quantitative estimate of drug-likeness (QED) is 0.226. The highest BCUT2D eigenvalue weighted by Crippen LogP contribution is 2.48. The van der Waals surface area contributed by atoms with Crippen molar-refractivity contribution < 1.29 is 0 Å². The van der Waals surface area contributed by atoms with Crippen LogP contribution in [0.2, 0.25) is 0 Å². The van der Waals surface area contributed by atoms with E-state index in [0.717, 1.165) is 45.3 Å². The van der Waals surface area contributed by atoms with Crippen LogP contribution in [0.1, 0.15) is 20.3 Å². The zero-order chi connectivity index (χ0) is 26.3. The Kier molecular flexibility index (Phi) is 5.87. The van der Waals surface area contributed by atoms with Crippen molar-refractivity contribution in [1.29, 1.82) is 0 Å². The van der Waals surface area contributed by atoms with Gasteiger partial charge in [0.25, 0.3) is 0 Å². The Labute approximate surface area is 223 Å². The van der Waals surface area contributed by atoms with Crippen LogP contribution in [0.3, 0.4) is 0 Å². The standard InChI is InChI=1S/C32H30N6/c1-5-32(2)37(3)29-17-11-16-25-28(20-21-30(31(25)29)38(32)4)36-35-27-19-18-26(23-14-9-10-15-24(23)27)34-33-22-12-7-6-8-13-22/h6-21H,5H2,1-4H3. The van der Waals surface area contributed by atoms with Gasteiger partial charge in [0.05, 0.1) is 22.7 Å². The lowest BCUT2D eigenvalue weighted by atomic mass is 9.94. The van der Waals surface area contributed by atoms with Crippen molar-refractivity contribution in [3.8, 4) is 0 Å². The summed E-state index contributed by atoms with van der Waals surface area (Å²) in [6.07, 6.45) is 1.01. The molecule has 0 N–H and O–H groups in total. The Morgan fingerprint density at radius 3 is 1.68 bits per heavy atom. The molecule has 0 spiro atoms. The zero-order valence-electron chi connectivity index (χ0n) is 22.1. The number of benzene rings is 5. The van der Waals surface area contributed by atoms with Crippen LogP contribution in [0.5, 0.6) is 0 Å². The van der Waals surface area contributed by atoms with Gasteiger partial charge in [-0.15, -0.1) is 15.3 Å². The normalized spacial score (nSPS) is 17.4. The van der Waals surface area contributed by atoms with E-state index in [-0.39, 0.29) is 5.66 Å². The highest BCUT2D eigenvalue weighted by atomic mass is 15.4. The van der Waals surface area contributed by atoms with Gasteiger partial charge in [-0.2, -0.15) is 5.11 Å². The van der Waals surface area contributed by atoms with E-state index in [1.807, 2.05) is 60.7 Å². The van der Waals surface area contributed by atoms with Crippen LogP contribution < -0.4 is 9.80 Å². The molecule has 6 heteroatoms. The number of azo groups is 2. The monoisotopic (exact) mass is 498 g/mol. The number of rotatable bonds is 5. The average Bonchev–Trinajstić information content (AvgIpc) is 2.97. The van der Waals surface area contributed by atoms with E-state index in [0.29, 0.717) is 0 Å². The summed E-state index contributed by atoms with van der Waals surface area (Å²) < 4.78 is 0. The van der Waals surface area contributed by atoms with E-state index in [4.69, 9.17) is 10.2 Å². The first-order valence-corrected chi connectivity index (χ1v) is 12.9. The minimum Gasteiger partial charge on any atom is -0.351 e. The van der Waals surface area contributed by atoms with Gasteiger partial charge < -0.3 is 9.80 Å². The maximum absolute atomic E-state index is 4.76. The molecule has 38 heavy (non-hydrogen) atoms. The molecule has 1 aliphatic heterocycles. The smallest absolute Gasteiger partial charge is 0.109 e. The topological polar surface area (TPSA) is 55.9 Å². The van der Waals surface area contributed by atoms with Crippen molar-refractivity contribution in [3.05, 3.63) is 97.1 Å². The summed E-state index contributed by atoms with van der Waals surface area (Å²) in [4.78, 5) is 4.75. The molecular formula is C32H30N6. The van der Waals surface area contributed by atoms with Crippen LogP contribution in [0.15, 0.2) is 118 Å². The van der Waals surface area contributed by atoms with Gasteiger partial charge in [0, 0.05) is 47.0 Å². The molecule has 6 rings (SSSR count). The lowest BCUT2D eigenvalue weighted by molar-refractivity contribution is 0.417. The summed E-state index contributed by atoms with van der Waals surface area (Å²) in [5.74, 6) is 0. The summed E-state index contributed by atoms with van der Waals surface area (Å²) in [6.45, 7) is 4.52. The first-order valence-electron chi connectivity index (χ1n) is 12.9. The Bertz CT molecular complexity index is 1690. The van der Waals surface area contributed by atoms with E-state index < -0.39 is 0 Å². The first-order chi connectivity index (χ1) is 18.5. The largest absolute Gasteiger partial charge is 0.351 e. The Hall–Kier alpha value is -4.58. The van der Waals surface area contributed by atoms with E-state index in [1.165, 1.54) is 16.8 Å². The summed E-state index contributed by atoms with van der Waals surface area (Å²) in [7, 11) is 4.35. The average molecular weight is 499 g/mol. The molecule has 5 aromatic rings. The minimum absolute atomic E-state index is 0.0944. The molecule has 1 atom stereocenters. The third-order valence-corrected chi connectivity index (χ3v) is 7.98. The lowest BCUT2D eigenvalue weighted by Crippen LogP contribution is -2.58. The van der Waals surface area contributed by atoms with Crippen LogP contribution in [0.4, 0.5) is 34.1 Å². The van der Waals surface area contributed by atoms with Gasteiger partial charge in [0.15, 0.2) is 0 Å². The van der Waals surface area contributed by atoms with Crippen LogP contribution in [0, 0.1) is 0 Å². The molecule has 1 heterocycles. The van der Waals surface area contributed by atoms with E-state index in [2.05, 4.69) is 84.4 Å². The van der Waals surface area contributed by atoms with E-state index in [9.17, 15) is 0 Å². The molecule has 0 aromatic heterocycles. The van der Waals surface area contributed by atoms with Crippen LogP contribution in [-0.2, 0) is 0 Å². The number of hydrogen-bond acceptors (Lipinski definition) is 6. The number of nitrogens with zero attached hydrogens (tertiary/aromatic N) is 6. The van der Waals surface area contributed by atoms with Crippen molar-refractivity contribution in [3.63, 3.8) is 0 Å².